The summed E-state index contributed by atoms with van der Waals surface area (Å²) in [5, 5.41) is 0. The lowest BCUT2D eigenvalue weighted by Gasteiger charge is -2.30. The summed E-state index contributed by atoms with van der Waals surface area (Å²) in [4.78, 5) is 15.1. The number of benzene rings is 1. The van der Waals surface area contributed by atoms with Crippen LogP contribution in [0, 0.1) is 24.7 Å². The van der Waals surface area contributed by atoms with Crippen LogP contribution in [-0.4, -0.2) is 19.0 Å². The van der Waals surface area contributed by atoms with Crippen molar-refractivity contribution in [3.63, 3.8) is 0 Å². The largest absolute Gasteiger partial charge is 0.330 e. The van der Waals surface area contributed by atoms with Gasteiger partial charge >= 0.3 is 0 Å². The summed E-state index contributed by atoms with van der Waals surface area (Å²) in [6.45, 7) is 3.46. The highest BCUT2D eigenvalue weighted by molar-refractivity contribution is 5.96. The first-order chi connectivity index (χ1) is 10.2. The fourth-order valence-corrected chi connectivity index (χ4v) is 4.21. The van der Waals surface area contributed by atoms with Gasteiger partial charge in [0.05, 0.1) is 0 Å². The summed E-state index contributed by atoms with van der Waals surface area (Å²) in [6, 6.07) is 8.20. The minimum absolute atomic E-state index is 0.251. The average molecular weight is 286 g/mol. The smallest absolute Gasteiger partial charge is 0.230 e. The number of fused-ring (bicyclic) bond motifs is 2. The molecule has 3 rings (SSSR count). The number of aryl methyl sites for hydroxylation is 1. The molecule has 2 aliphatic carbocycles. The van der Waals surface area contributed by atoms with Crippen molar-refractivity contribution in [2.75, 3.05) is 18.0 Å². The van der Waals surface area contributed by atoms with Crippen molar-refractivity contribution < 1.29 is 4.79 Å². The summed E-state index contributed by atoms with van der Waals surface area (Å²) in [7, 11) is 0. The highest BCUT2D eigenvalue weighted by Crippen LogP contribution is 2.49. The first-order valence-corrected chi connectivity index (χ1v) is 8.27. The molecular weight excluding hydrogens is 260 g/mol. The molecule has 2 N–H and O–H groups in total. The van der Waals surface area contributed by atoms with E-state index in [0.717, 1.165) is 31.0 Å². The Morgan fingerprint density at radius 1 is 1.29 bits per heavy atom. The van der Waals surface area contributed by atoms with E-state index in [4.69, 9.17) is 5.73 Å². The number of hydrogen-bond donors (Lipinski definition) is 1. The monoisotopic (exact) mass is 286 g/mol. The number of rotatable bonds is 5. The summed E-state index contributed by atoms with van der Waals surface area (Å²) < 4.78 is 0. The summed E-state index contributed by atoms with van der Waals surface area (Å²) in [5.41, 5.74) is 7.91. The van der Waals surface area contributed by atoms with Gasteiger partial charge in [0.25, 0.3) is 0 Å². The zero-order valence-corrected chi connectivity index (χ0v) is 12.9. The van der Waals surface area contributed by atoms with E-state index in [0.29, 0.717) is 18.4 Å². The SMILES string of the molecule is Cc1ccccc1N(CCCN)C(=O)C1CC2CCC1C2. The zero-order valence-electron chi connectivity index (χ0n) is 12.9. The van der Waals surface area contributed by atoms with Gasteiger partial charge < -0.3 is 10.6 Å². The third-order valence-electron chi connectivity index (χ3n) is 5.31. The number of nitrogens with two attached hydrogens (primary N) is 1. The normalized spacial score (nSPS) is 27.0. The molecule has 0 heterocycles. The van der Waals surface area contributed by atoms with Crippen molar-refractivity contribution in [2.24, 2.45) is 23.5 Å². The average Bonchev–Trinajstić information content (AvgIpc) is 3.12. The first-order valence-electron chi connectivity index (χ1n) is 8.27. The molecule has 0 spiro atoms. The number of para-hydroxylation sites is 1. The molecule has 21 heavy (non-hydrogen) atoms. The summed E-state index contributed by atoms with van der Waals surface area (Å²) in [6.07, 6.45) is 5.82. The molecule has 3 heteroatoms. The van der Waals surface area contributed by atoms with E-state index in [9.17, 15) is 4.79 Å². The topological polar surface area (TPSA) is 46.3 Å². The van der Waals surface area contributed by atoms with Gasteiger partial charge in [-0.25, -0.2) is 0 Å². The molecule has 2 aliphatic rings. The van der Waals surface area contributed by atoms with Gasteiger partial charge in [0.15, 0.2) is 0 Å². The van der Waals surface area contributed by atoms with Gasteiger partial charge in [-0.2, -0.15) is 0 Å². The Balaban J connectivity index is 1.82. The van der Waals surface area contributed by atoms with E-state index >= 15 is 0 Å². The van der Waals surface area contributed by atoms with Crippen molar-refractivity contribution in [1.82, 2.24) is 0 Å². The van der Waals surface area contributed by atoms with Gasteiger partial charge in [-0.15, -0.1) is 0 Å². The molecule has 2 saturated carbocycles. The van der Waals surface area contributed by atoms with Crippen molar-refractivity contribution in [3.05, 3.63) is 29.8 Å². The number of amides is 1. The van der Waals surface area contributed by atoms with E-state index in [1.165, 1.54) is 24.8 Å². The number of anilines is 1. The van der Waals surface area contributed by atoms with Gasteiger partial charge in [0.1, 0.15) is 0 Å². The van der Waals surface area contributed by atoms with Gasteiger partial charge in [-0.1, -0.05) is 24.6 Å². The van der Waals surface area contributed by atoms with Crippen LogP contribution in [0.25, 0.3) is 0 Å². The maximum atomic E-state index is 13.1. The summed E-state index contributed by atoms with van der Waals surface area (Å²) >= 11 is 0. The van der Waals surface area contributed by atoms with E-state index < -0.39 is 0 Å². The second kappa shape index (κ2) is 6.18. The number of carbonyl (C=O) groups excluding carboxylic acids is 1. The van der Waals surface area contributed by atoms with Crippen LogP contribution < -0.4 is 10.6 Å². The van der Waals surface area contributed by atoms with Crippen LogP contribution in [0.3, 0.4) is 0 Å². The third kappa shape index (κ3) is 2.84. The molecule has 0 aliphatic heterocycles. The molecule has 0 aromatic heterocycles. The van der Waals surface area contributed by atoms with Gasteiger partial charge in [0, 0.05) is 18.2 Å². The Morgan fingerprint density at radius 2 is 2.10 bits per heavy atom. The predicted molar refractivity (Wildman–Crippen MR) is 86.1 cm³/mol. The number of carbonyl (C=O) groups is 1. The van der Waals surface area contributed by atoms with Crippen LogP contribution >= 0.6 is 0 Å². The quantitative estimate of drug-likeness (QED) is 0.904. The van der Waals surface area contributed by atoms with Crippen molar-refractivity contribution in [3.8, 4) is 0 Å². The second-order valence-corrected chi connectivity index (χ2v) is 6.70. The molecule has 3 nitrogen and oxygen atoms in total. The maximum absolute atomic E-state index is 13.1. The van der Waals surface area contributed by atoms with Crippen LogP contribution in [0.2, 0.25) is 0 Å². The second-order valence-electron chi connectivity index (χ2n) is 6.70. The number of hydrogen-bond acceptors (Lipinski definition) is 2. The molecule has 2 bridgehead atoms. The van der Waals surface area contributed by atoms with Crippen LogP contribution in [0.1, 0.15) is 37.7 Å². The molecule has 1 aromatic rings. The predicted octanol–water partition coefficient (Wildman–Crippen LogP) is 3.11. The third-order valence-corrected chi connectivity index (χ3v) is 5.31. The molecular formula is C18H26N2O. The highest BCUT2D eigenvalue weighted by Gasteiger charge is 2.44. The Labute approximate surface area is 127 Å². The van der Waals surface area contributed by atoms with Crippen LogP contribution in [0.5, 0.6) is 0 Å². The lowest BCUT2D eigenvalue weighted by atomic mass is 9.87. The van der Waals surface area contributed by atoms with Crippen LogP contribution in [0.15, 0.2) is 24.3 Å². The molecule has 1 aromatic carbocycles. The fraction of sp³-hybridized carbons (Fsp3) is 0.611. The Kier molecular flexibility index (Phi) is 4.29. The molecule has 2 fully saturated rings. The molecule has 0 radical (unpaired) electrons. The minimum atomic E-state index is 0.251. The van der Waals surface area contributed by atoms with E-state index in [1.807, 2.05) is 17.0 Å². The Morgan fingerprint density at radius 3 is 2.71 bits per heavy atom. The Hall–Kier alpha value is -1.35. The minimum Gasteiger partial charge on any atom is -0.330 e. The number of nitrogens with zero attached hydrogens (tertiary/aromatic N) is 1. The fourth-order valence-electron chi connectivity index (χ4n) is 4.21. The van der Waals surface area contributed by atoms with Gasteiger partial charge in [-0.05, 0) is 62.6 Å². The van der Waals surface area contributed by atoms with Gasteiger partial charge in [0.2, 0.25) is 5.91 Å². The van der Waals surface area contributed by atoms with Gasteiger partial charge in [-0.3, -0.25) is 4.79 Å². The van der Waals surface area contributed by atoms with Crippen molar-refractivity contribution in [1.29, 1.82) is 0 Å². The van der Waals surface area contributed by atoms with E-state index in [2.05, 4.69) is 19.1 Å². The van der Waals surface area contributed by atoms with Crippen LogP contribution in [-0.2, 0) is 4.79 Å². The summed E-state index contributed by atoms with van der Waals surface area (Å²) in [5.74, 6) is 2.02. The van der Waals surface area contributed by atoms with Crippen LogP contribution in [0.4, 0.5) is 5.69 Å². The maximum Gasteiger partial charge on any atom is 0.230 e. The molecule has 0 saturated heterocycles. The standard InChI is InChI=1S/C18H26N2O/c1-13-5-2-3-6-17(13)20(10-4-9-19)18(21)16-12-14-7-8-15(16)11-14/h2-3,5-6,14-16H,4,7-12,19H2,1H3. The van der Waals surface area contributed by atoms with E-state index in [-0.39, 0.29) is 5.92 Å². The lowest BCUT2D eigenvalue weighted by molar-refractivity contribution is -0.123. The lowest BCUT2D eigenvalue weighted by Crippen LogP contribution is -2.40. The molecule has 3 atom stereocenters. The highest BCUT2D eigenvalue weighted by atomic mass is 16.2. The van der Waals surface area contributed by atoms with Crippen molar-refractivity contribution in [2.45, 2.75) is 39.0 Å². The zero-order chi connectivity index (χ0) is 14.8. The molecule has 114 valence electrons. The first kappa shape index (κ1) is 14.6. The van der Waals surface area contributed by atoms with Crippen molar-refractivity contribution >= 4 is 11.6 Å². The Bertz CT molecular complexity index is 514. The molecule has 3 unspecified atom stereocenters. The molecule has 1 amide bonds. The van der Waals surface area contributed by atoms with E-state index in [1.54, 1.807) is 0 Å².